The summed E-state index contributed by atoms with van der Waals surface area (Å²) in [6.45, 7) is 3.63. The quantitative estimate of drug-likeness (QED) is 0.366. The fraction of sp³-hybridized carbons (Fsp3) is 0.345. The lowest BCUT2D eigenvalue weighted by Gasteiger charge is -2.37. The van der Waals surface area contributed by atoms with Gasteiger partial charge in [0, 0.05) is 48.3 Å². The van der Waals surface area contributed by atoms with E-state index in [1.807, 2.05) is 34.4 Å². The third-order valence-electron chi connectivity index (χ3n) is 7.06. The zero-order valence-corrected chi connectivity index (χ0v) is 22.2. The lowest BCUT2D eigenvalue weighted by molar-refractivity contribution is 0.0574. The summed E-state index contributed by atoms with van der Waals surface area (Å²) in [4.78, 5) is 26.7. The van der Waals surface area contributed by atoms with Gasteiger partial charge in [0.1, 0.15) is 0 Å². The number of likely N-dealkylation sites (N-methyl/N-ethyl adjacent to an activating group) is 1. The molecule has 9 heteroatoms. The van der Waals surface area contributed by atoms with Crippen LogP contribution in [0.5, 0.6) is 5.75 Å². The highest BCUT2D eigenvalue weighted by Crippen LogP contribution is 2.29. The fourth-order valence-electron chi connectivity index (χ4n) is 5.20. The Kier molecular flexibility index (Phi) is 7.28. The van der Waals surface area contributed by atoms with Crippen LogP contribution in [0.25, 0.3) is 16.9 Å². The number of rotatable bonds is 7. The van der Waals surface area contributed by atoms with Gasteiger partial charge in [-0.1, -0.05) is 0 Å². The van der Waals surface area contributed by atoms with Gasteiger partial charge in [-0.2, -0.15) is 0 Å². The van der Waals surface area contributed by atoms with E-state index in [0.717, 1.165) is 54.9 Å². The van der Waals surface area contributed by atoms with Crippen molar-refractivity contribution >= 4 is 23.1 Å². The van der Waals surface area contributed by atoms with Gasteiger partial charge in [0.25, 0.3) is 5.91 Å². The van der Waals surface area contributed by atoms with Crippen molar-refractivity contribution in [2.45, 2.75) is 32.2 Å². The van der Waals surface area contributed by atoms with Crippen molar-refractivity contribution in [2.75, 3.05) is 39.6 Å². The number of ether oxygens (including phenoxy) is 1. The Morgan fingerprint density at radius 1 is 1.18 bits per heavy atom. The second-order valence-electron chi connectivity index (χ2n) is 10.0. The molecule has 1 N–H and O–H groups in total. The predicted molar refractivity (Wildman–Crippen MR) is 147 cm³/mol. The summed E-state index contributed by atoms with van der Waals surface area (Å²) in [7, 11) is 5.54. The molecule has 8 nitrogen and oxygen atoms in total. The van der Waals surface area contributed by atoms with E-state index in [2.05, 4.69) is 34.3 Å². The van der Waals surface area contributed by atoms with Gasteiger partial charge in [-0.3, -0.25) is 9.20 Å². The van der Waals surface area contributed by atoms with Gasteiger partial charge in [0.05, 0.1) is 19.0 Å². The zero-order chi connectivity index (χ0) is 26.8. The molecule has 2 aromatic carbocycles. The van der Waals surface area contributed by atoms with E-state index in [1.54, 1.807) is 30.7 Å². The van der Waals surface area contributed by atoms with Crippen molar-refractivity contribution in [3.8, 4) is 17.0 Å². The van der Waals surface area contributed by atoms with Crippen molar-refractivity contribution in [3.05, 3.63) is 71.9 Å². The largest absolute Gasteiger partial charge is 0.494 e. The normalized spacial score (nSPS) is 15.7. The van der Waals surface area contributed by atoms with Crippen molar-refractivity contribution in [3.63, 3.8) is 0 Å². The topological polar surface area (TPSA) is 75.0 Å². The summed E-state index contributed by atoms with van der Waals surface area (Å²) in [5.74, 6) is 0.409. The summed E-state index contributed by atoms with van der Waals surface area (Å²) in [6.07, 6.45) is 8.39. The van der Waals surface area contributed by atoms with Crippen LogP contribution in [0.1, 0.15) is 35.2 Å². The van der Waals surface area contributed by atoms with Gasteiger partial charge in [0.15, 0.2) is 23.0 Å². The van der Waals surface area contributed by atoms with E-state index >= 15 is 0 Å². The average Bonchev–Trinajstić information content (AvgIpc) is 3.34. The predicted octanol–water partition coefficient (Wildman–Crippen LogP) is 5.15. The van der Waals surface area contributed by atoms with E-state index in [0.29, 0.717) is 17.0 Å². The number of imidazole rings is 1. The molecule has 1 saturated heterocycles. The molecule has 0 saturated carbocycles. The van der Waals surface area contributed by atoms with Crippen LogP contribution in [0.3, 0.4) is 0 Å². The molecule has 5 rings (SSSR count). The minimum Gasteiger partial charge on any atom is -0.494 e. The van der Waals surface area contributed by atoms with Gasteiger partial charge >= 0.3 is 0 Å². The average molecular weight is 517 g/mol. The molecular formula is C29H33FN6O2. The summed E-state index contributed by atoms with van der Waals surface area (Å²) < 4.78 is 21.2. The highest BCUT2D eigenvalue weighted by molar-refractivity contribution is 5.96. The van der Waals surface area contributed by atoms with E-state index in [4.69, 9.17) is 4.74 Å². The van der Waals surface area contributed by atoms with Gasteiger partial charge in [-0.25, -0.2) is 14.4 Å². The number of benzene rings is 2. The number of aryl methyl sites for hydroxylation is 1. The molecule has 0 bridgehead atoms. The van der Waals surface area contributed by atoms with Gasteiger partial charge < -0.3 is 19.9 Å². The van der Waals surface area contributed by atoms with E-state index in [-0.39, 0.29) is 17.7 Å². The number of halogens is 1. The number of nitrogens with one attached hydrogen (secondary N) is 1. The van der Waals surface area contributed by atoms with Crippen LogP contribution >= 0.6 is 0 Å². The summed E-state index contributed by atoms with van der Waals surface area (Å²) in [6, 6.07) is 10.8. The van der Waals surface area contributed by atoms with Crippen LogP contribution in [-0.2, 0) is 0 Å². The molecule has 1 atom stereocenters. The molecule has 2 aromatic heterocycles. The lowest BCUT2D eigenvalue weighted by atomic mass is 9.99. The maximum atomic E-state index is 14.3. The van der Waals surface area contributed by atoms with Crippen LogP contribution in [-0.4, -0.2) is 70.4 Å². The van der Waals surface area contributed by atoms with Crippen molar-refractivity contribution in [1.29, 1.82) is 0 Å². The lowest BCUT2D eigenvalue weighted by Crippen LogP contribution is -2.48. The minimum atomic E-state index is -0.435. The number of aromatic nitrogens is 3. The van der Waals surface area contributed by atoms with Crippen LogP contribution < -0.4 is 10.1 Å². The molecule has 38 heavy (non-hydrogen) atoms. The number of carbonyl (C=O) groups excluding carboxylic acids is 1. The number of nitrogens with zero attached hydrogens (tertiary/aromatic N) is 5. The SMILES string of the molecule is COc1ccc(-c2cnc3c(Nc4ccc(C(=O)N5CCCCC5CN(C)C)c(C)c4)nccn23)cc1F. The Morgan fingerprint density at radius 3 is 2.76 bits per heavy atom. The molecule has 0 radical (unpaired) electrons. The van der Waals surface area contributed by atoms with Gasteiger partial charge in [-0.05, 0) is 82.2 Å². The molecule has 1 aliphatic rings. The molecule has 198 valence electrons. The number of methoxy groups -OCH3 is 1. The molecule has 0 aliphatic carbocycles. The minimum absolute atomic E-state index is 0.0884. The third-order valence-corrected chi connectivity index (χ3v) is 7.06. The van der Waals surface area contributed by atoms with Crippen LogP contribution in [0, 0.1) is 12.7 Å². The first-order valence-corrected chi connectivity index (χ1v) is 12.8. The van der Waals surface area contributed by atoms with E-state index in [9.17, 15) is 9.18 Å². The number of likely N-dealkylation sites (tertiary alicyclic amines) is 1. The van der Waals surface area contributed by atoms with E-state index < -0.39 is 5.82 Å². The number of fused-ring (bicyclic) bond motifs is 1. The molecular weight excluding hydrogens is 483 g/mol. The molecule has 1 amide bonds. The fourth-order valence-corrected chi connectivity index (χ4v) is 5.20. The number of carbonyl (C=O) groups is 1. The molecule has 3 heterocycles. The Labute approximate surface area is 222 Å². The smallest absolute Gasteiger partial charge is 0.254 e. The Morgan fingerprint density at radius 2 is 2.03 bits per heavy atom. The molecule has 4 aromatic rings. The first kappa shape index (κ1) is 25.7. The highest BCUT2D eigenvalue weighted by Gasteiger charge is 2.28. The summed E-state index contributed by atoms with van der Waals surface area (Å²) in [5, 5.41) is 3.34. The summed E-state index contributed by atoms with van der Waals surface area (Å²) >= 11 is 0. The Balaban J connectivity index is 1.39. The molecule has 1 unspecified atom stereocenters. The molecule has 1 aliphatic heterocycles. The summed E-state index contributed by atoms with van der Waals surface area (Å²) in [5.41, 5.74) is 4.45. The molecule has 0 spiro atoms. The zero-order valence-electron chi connectivity index (χ0n) is 22.2. The number of hydrogen-bond donors (Lipinski definition) is 1. The third kappa shape index (κ3) is 5.06. The van der Waals surface area contributed by atoms with Gasteiger partial charge in [0.2, 0.25) is 0 Å². The maximum absolute atomic E-state index is 14.3. The van der Waals surface area contributed by atoms with Crippen LogP contribution in [0.4, 0.5) is 15.9 Å². The van der Waals surface area contributed by atoms with Crippen molar-refractivity contribution in [1.82, 2.24) is 24.2 Å². The van der Waals surface area contributed by atoms with Crippen LogP contribution in [0.2, 0.25) is 0 Å². The Hall–Kier alpha value is -3.98. The number of amides is 1. The number of piperidine rings is 1. The van der Waals surface area contributed by atoms with Crippen molar-refractivity contribution in [2.24, 2.45) is 0 Å². The van der Waals surface area contributed by atoms with Crippen LogP contribution in [0.15, 0.2) is 55.0 Å². The maximum Gasteiger partial charge on any atom is 0.254 e. The van der Waals surface area contributed by atoms with Crippen molar-refractivity contribution < 1.29 is 13.9 Å². The number of hydrogen-bond acceptors (Lipinski definition) is 6. The second-order valence-corrected chi connectivity index (χ2v) is 10.0. The monoisotopic (exact) mass is 516 g/mol. The first-order valence-electron chi connectivity index (χ1n) is 12.8. The second kappa shape index (κ2) is 10.8. The highest BCUT2D eigenvalue weighted by atomic mass is 19.1. The van der Waals surface area contributed by atoms with E-state index in [1.165, 1.54) is 13.2 Å². The number of anilines is 2. The molecule has 1 fully saturated rings. The standard InChI is InChI=1S/C29H33FN6O2/c1-19-15-21(9-10-23(19)29(37)35-13-6-5-7-22(35)18-34(2)3)33-27-28-32-17-25(36(28)14-12-31-27)20-8-11-26(38-4)24(30)16-20/h8-12,14-17,22H,5-7,13,18H2,1-4H3,(H,31,33). The Bertz CT molecular complexity index is 1470. The van der Waals surface area contributed by atoms with Gasteiger partial charge in [-0.15, -0.1) is 0 Å². The first-order chi connectivity index (χ1) is 18.4.